The smallest absolute Gasteiger partial charge is 0.184 e. The van der Waals surface area contributed by atoms with Crippen LogP contribution in [0.3, 0.4) is 0 Å². The van der Waals surface area contributed by atoms with Gasteiger partial charge in [0.25, 0.3) is 0 Å². The molecule has 0 aromatic heterocycles. The van der Waals surface area contributed by atoms with E-state index in [1.807, 2.05) is 6.07 Å². The molecule has 20 heavy (non-hydrogen) atoms. The van der Waals surface area contributed by atoms with Crippen molar-refractivity contribution < 1.29 is 4.79 Å². The second kappa shape index (κ2) is 6.57. The number of nitriles is 1. The van der Waals surface area contributed by atoms with Gasteiger partial charge in [-0.05, 0) is 52.4 Å². The van der Waals surface area contributed by atoms with Gasteiger partial charge in [0.2, 0.25) is 0 Å². The monoisotopic (exact) mass is 415 g/mol. The van der Waals surface area contributed by atoms with Crippen LogP contribution in [0, 0.1) is 14.9 Å². The summed E-state index contributed by atoms with van der Waals surface area (Å²) < 4.78 is 0.862. The fraction of sp³-hybridized carbons (Fsp3) is 0.0667. The van der Waals surface area contributed by atoms with Gasteiger partial charge in [-0.3, -0.25) is 4.79 Å². The van der Waals surface area contributed by atoms with E-state index in [0.717, 1.165) is 3.57 Å². The zero-order chi connectivity index (χ0) is 14.7. The van der Waals surface area contributed by atoms with Crippen molar-refractivity contribution in [3.05, 3.63) is 67.2 Å². The molecule has 0 heterocycles. The normalized spacial score (nSPS) is 11.7. The average molecular weight is 416 g/mol. The quantitative estimate of drug-likeness (QED) is 0.517. The number of ketones is 1. The predicted octanol–water partition coefficient (Wildman–Crippen LogP) is 5.09. The Labute approximate surface area is 140 Å². The zero-order valence-corrected chi connectivity index (χ0v) is 13.8. The van der Waals surface area contributed by atoms with Gasteiger partial charge >= 0.3 is 0 Å². The number of halogens is 3. The van der Waals surface area contributed by atoms with Crippen LogP contribution < -0.4 is 0 Å². The molecule has 0 aliphatic rings. The summed E-state index contributed by atoms with van der Waals surface area (Å²) in [6.45, 7) is 0. The summed E-state index contributed by atoms with van der Waals surface area (Å²) >= 11 is 13.9. The lowest BCUT2D eigenvalue weighted by molar-refractivity contribution is 0.0979. The molecule has 5 heteroatoms. The highest BCUT2D eigenvalue weighted by Gasteiger charge is 2.22. The molecule has 0 spiro atoms. The van der Waals surface area contributed by atoms with Gasteiger partial charge in [-0.15, -0.1) is 0 Å². The third kappa shape index (κ3) is 3.32. The van der Waals surface area contributed by atoms with Crippen LogP contribution in [-0.4, -0.2) is 5.78 Å². The summed E-state index contributed by atoms with van der Waals surface area (Å²) in [5.74, 6) is -1.13. The van der Waals surface area contributed by atoms with Gasteiger partial charge in [-0.1, -0.05) is 41.4 Å². The van der Waals surface area contributed by atoms with E-state index in [1.54, 1.807) is 42.5 Å². The molecule has 0 bridgehead atoms. The van der Waals surface area contributed by atoms with Crippen molar-refractivity contribution in [1.29, 1.82) is 5.26 Å². The number of hydrogen-bond donors (Lipinski definition) is 0. The van der Waals surface area contributed by atoms with Crippen LogP contribution in [0.1, 0.15) is 21.8 Å². The summed E-state index contributed by atoms with van der Waals surface area (Å²) in [6, 6.07) is 13.7. The van der Waals surface area contributed by atoms with Crippen molar-refractivity contribution in [3.63, 3.8) is 0 Å². The van der Waals surface area contributed by atoms with Crippen LogP contribution in [0.15, 0.2) is 42.5 Å². The fourth-order valence-electron chi connectivity index (χ4n) is 1.76. The molecule has 0 saturated heterocycles. The minimum atomic E-state index is -0.858. The maximum absolute atomic E-state index is 12.4. The van der Waals surface area contributed by atoms with Crippen LogP contribution in [0.5, 0.6) is 0 Å². The van der Waals surface area contributed by atoms with Crippen LogP contribution >= 0.6 is 45.8 Å². The van der Waals surface area contributed by atoms with Crippen LogP contribution in [-0.2, 0) is 0 Å². The predicted molar refractivity (Wildman–Crippen MR) is 88.3 cm³/mol. The largest absolute Gasteiger partial charge is 0.292 e. The first-order valence-electron chi connectivity index (χ1n) is 5.67. The van der Waals surface area contributed by atoms with E-state index in [2.05, 4.69) is 22.6 Å². The number of benzene rings is 2. The van der Waals surface area contributed by atoms with E-state index in [1.165, 1.54) is 0 Å². The Balaban J connectivity index is 2.36. The molecule has 100 valence electrons. The highest BCUT2D eigenvalue weighted by atomic mass is 127. The molecule has 0 aliphatic heterocycles. The van der Waals surface area contributed by atoms with Gasteiger partial charge in [-0.25, -0.2) is 0 Å². The first-order valence-corrected chi connectivity index (χ1v) is 7.50. The van der Waals surface area contributed by atoms with Gasteiger partial charge in [-0.2, -0.15) is 5.26 Å². The molecular formula is C15H8Cl2INO. The lowest BCUT2D eigenvalue weighted by atomic mass is 9.92. The third-order valence-corrected chi connectivity index (χ3v) is 4.62. The van der Waals surface area contributed by atoms with E-state index in [4.69, 9.17) is 23.2 Å². The topological polar surface area (TPSA) is 40.9 Å². The van der Waals surface area contributed by atoms with Crippen molar-refractivity contribution in [2.75, 3.05) is 0 Å². The van der Waals surface area contributed by atoms with E-state index in [-0.39, 0.29) is 5.78 Å². The Bertz CT molecular complexity index is 692. The average Bonchev–Trinajstić information content (AvgIpc) is 2.44. The molecule has 2 rings (SSSR count). The Morgan fingerprint density at radius 3 is 2.35 bits per heavy atom. The van der Waals surface area contributed by atoms with Gasteiger partial charge in [0.05, 0.1) is 11.1 Å². The Morgan fingerprint density at radius 2 is 1.80 bits per heavy atom. The number of hydrogen-bond acceptors (Lipinski definition) is 2. The molecule has 0 N–H and O–H groups in total. The minimum absolute atomic E-state index is 0.270. The van der Waals surface area contributed by atoms with Gasteiger partial charge in [0.1, 0.15) is 5.92 Å². The van der Waals surface area contributed by atoms with Crippen molar-refractivity contribution in [1.82, 2.24) is 0 Å². The fourth-order valence-corrected chi connectivity index (χ4v) is 2.40. The summed E-state index contributed by atoms with van der Waals surface area (Å²) in [6.07, 6.45) is 0. The molecule has 0 amide bonds. The standard InChI is InChI=1S/C15H8Cl2INO/c16-11-4-1-9(2-5-11)12(8-19)15(20)10-3-6-14(18)13(17)7-10/h1-7,12H. The lowest BCUT2D eigenvalue weighted by Gasteiger charge is -2.09. The van der Waals surface area contributed by atoms with Gasteiger partial charge in [0, 0.05) is 14.2 Å². The second-order valence-corrected chi connectivity index (χ2v) is 6.11. The van der Waals surface area contributed by atoms with Crippen molar-refractivity contribution in [2.45, 2.75) is 5.92 Å². The molecule has 0 radical (unpaired) electrons. The molecular weight excluding hydrogens is 408 g/mol. The summed E-state index contributed by atoms with van der Waals surface area (Å²) in [4.78, 5) is 12.4. The molecule has 1 unspecified atom stereocenters. The van der Waals surface area contributed by atoms with E-state index in [0.29, 0.717) is 21.2 Å². The van der Waals surface area contributed by atoms with Crippen molar-refractivity contribution in [3.8, 4) is 6.07 Å². The Hall–Kier alpha value is -1.09. The molecule has 2 aromatic carbocycles. The molecule has 0 fully saturated rings. The first-order chi connectivity index (χ1) is 9.52. The molecule has 2 nitrogen and oxygen atoms in total. The molecule has 2 aromatic rings. The Morgan fingerprint density at radius 1 is 1.15 bits per heavy atom. The van der Waals surface area contributed by atoms with E-state index in [9.17, 15) is 10.1 Å². The summed E-state index contributed by atoms with van der Waals surface area (Å²) in [5.41, 5.74) is 1.05. The van der Waals surface area contributed by atoms with Crippen molar-refractivity contribution >= 4 is 51.6 Å². The molecule has 0 saturated carbocycles. The number of carbonyl (C=O) groups excluding carboxylic acids is 1. The summed E-state index contributed by atoms with van der Waals surface area (Å²) in [5, 5.41) is 10.3. The second-order valence-electron chi connectivity index (χ2n) is 4.11. The Kier molecular flexibility index (Phi) is 5.03. The number of rotatable bonds is 3. The van der Waals surface area contributed by atoms with E-state index < -0.39 is 5.92 Å². The molecule has 0 aliphatic carbocycles. The summed E-state index contributed by atoms with van der Waals surface area (Å²) in [7, 11) is 0. The number of nitrogens with zero attached hydrogens (tertiary/aromatic N) is 1. The zero-order valence-electron chi connectivity index (χ0n) is 10.1. The first kappa shape index (κ1) is 15.3. The van der Waals surface area contributed by atoms with Crippen molar-refractivity contribution in [2.24, 2.45) is 0 Å². The third-order valence-electron chi connectivity index (χ3n) is 2.80. The lowest BCUT2D eigenvalue weighted by Crippen LogP contribution is -2.11. The molecule has 1 atom stereocenters. The maximum atomic E-state index is 12.4. The minimum Gasteiger partial charge on any atom is -0.292 e. The van der Waals surface area contributed by atoms with Crippen LogP contribution in [0.4, 0.5) is 0 Å². The van der Waals surface area contributed by atoms with Crippen LogP contribution in [0.25, 0.3) is 0 Å². The SMILES string of the molecule is N#CC(C(=O)c1ccc(I)c(Cl)c1)c1ccc(Cl)cc1. The van der Waals surface area contributed by atoms with Crippen LogP contribution in [0.2, 0.25) is 10.0 Å². The van der Waals surface area contributed by atoms with Gasteiger partial charge in [0.15, 0.2) is 5.78 Å². The van der Waals surface area contributed by atoms with E-state index >= 15 is 0 Å². The number of Topliss-reactive ketones (excluding diaryl/α,β-unsaturated/α-hetero) is 1. The number of carbonyl (C=O) groups is 1. The van der Waals surface area contributed by atoms with Gasteiger partial charge < -0.3 is 0 Å². The highest BCUT2D eigenvalue weighted by Crippen LogP contribution is 2.25. The highest BCUT2D eigenvalue weighted by molar-refractivity contribution is 14.1. The maximum Gasteiger partial charge on any atom is 0.184 e.